The number of ether oxygens (including phenoxy) is 1. The van der Waals surface area contributed by atoms with Gasteiger partial charge in [0.1, 0.15) is 10.6 Å². The van der Waals surface area contributed by atoms with Crippen LogP contribution < -0.4 is 20.1 Å². The molecule has 1 heterocycles. The van der Waals surface area contributed by atoms with E-state index in [0.29, 0.717) is 31.5 Å². The van der Waals surface area contributed by atoms with Crippen molar-refractivity contribution < 1.29 is 22.7 Å². The molecule has 2 aromatic rings. The number of carbonyl (C=O) groups is 2. The van der Waals surface area contributed by atoms with E-state index in [0.717, 1.165) is 5.69 Å². The molecule has 3 N–H and O–H groups in total. The third-order valence-corrected chi connectivity index (χ3v) is 6.76. The number of hydrogen-bond acceptors (Lipinski definition) is 5. The zero-order valence-corrected chi connectivity index (χ0v) is 19.4. The van der Waals surface area contributed by atoms with E-state index < -0.39 is 10.0 Å². The van der Waals surface area contributed by atoms with E-state index >= 15 is 0 Å². The lowest BCUT2D eigenvalue weighted by atomic mass is 10.1. The third-order valence-electron chi connectivity index (χ3n) is 5.33. The van der Waals surface area contributed by atoms with Crippen LogP contribution in [0.25, 0.3) is 6.08 Å². The molecule has 33 heavy (non-hydrogen) atoms. The Balaban J connectivity index is 1.52. The zero-order chi connectivity index (χ0) is 23.8. The van der Waals surface area contributed by atoms with Crippen molar-refractivity contribution in [1.82, 2.24) is 14.9 Å². The normalized spacial score (nSPS) is 14.8. The predicted molar refractivity (Wildman–Crippen MR) is 126 cm³/mol. The maximum atomic E-state index is 12.4. The van der Waals surface area contributed by atoms with Crippen molar-refractivity contribution in [3.8, 4) is 5.75 Å². The Morgan fingerprint density at radius 1 is 1.09 bits per heavy atom. The highest BCUT2D eigenvalue weighted by Crippen LogP contribution is 2.25. The fourth-order valence-electron chi connectivity index (χ4n) is 3.49. The van der Waals surface area contributed by atoms with Crippen molar-refractivity contribution >= 4 is 33.7 Å². The molecule has 0 atom stereocenters. The van der Waals surface area contributed by atoms with Gasteiger partial charge in [-0.1, -0.05) is 24.3 Å². The number of rotatable bonds is 7. The van der Waals surface area contributed by atoms with Crippen LogP contribution in [0.2, 0.25) is 0 Å². The molecule has 1 saturated heterocycles. The third kappa shape index (κ3) is 6.56. The number of carbonyl (C=O) groups excluding carboxylic acids is 2. The Hall–Kier alpha value is -3.37. The first-order valence-corrected chi connectivity index (χ1v) is 12.0. The first-order chi connectivity index (χ1) is 15.8. The first kappa shape index (κ1) is 24.3. The molecule has 1 aliphatic heterocycles. The standard InChI is InChI=1S/C23H28N4O5S/c1-24-33(30,31)21-16-17(8-10-20(21)32-2)9-11-22(28)25-19-12-14-27(15-13-19)23(29)26-18-6-4-3-5-7-18/h3-11,16,19,24H,12-15H2,1-2H3,(H,25,28)(H,26,29)/b11-9+. The fourth-order valence-corrected chi connectivity index (χ4v) is 4.42. The van der Waals surface area contributed by atoms with Crippen LogP contribution in [0.1, 0.15) is 18.4 Å². The Bertz CT molecular complexity index is 1110. The van der Waals surface area contributed by atoms with E-state index in [1.165, 1.54) is 32.4 Å². The Morgan fingerprint density at radius 2 is 1.79 bits per heavy atom. The summed E-state index contributed by atoms with van der Waals surface area (Å²) >= 11 is 0. The van der Waals surface area contributed by atoms with Gasteiger partial charge in [0, 0.05) is 30.9 Å². The lowest BCUT2D eigenvalue weighted by molar-refractivity contribution is -0.117. The predicted octanol–water partition coefficient (Wildman–Crippen LogP) is 2.43. The van der Waals surface area contributed by atoms with Crippen LogP contribution in [0.4, 0.5) is 10.5 Å². The van der Waals surface area contributed by atoms with Gasteiger partial charge in [0.25, 0.3) is 0 Å². The largest absolute Gasteiger partial charge is 0.495 e. The topological polar surface area (TPSA) is 117 Å². The van der Waals surface area contributed by atoms with Crippen LogP contribution in [-0.2, 0) is 14.8 Å². The van der Waals surface area contributed by atoms with Gasteiger partial charge in [0.2, 0.25) is 15.9 Å². The van der Waals surface area contributed by atoms with Gasteiger partial charge < -0.3 is 20.3 Å². The van der Waals surface area contributed by atoms with Crippen LogP contribution >= 0.6 is 0 Å². The minimum atomic E-state index is -3.70. The number of methoxy groups -OCH3 is 1. The van der Waals surface area contributed by atoms with Crippen LogP contribution in [0.5, 0.6) is 5.75 Å². The van der Waals surface area contributed by atoms with Crippen LogP contribution in [-0.4, -0.2) is 58.5 Å². The highest BCUT2D eigenvalue weighted by Gasteiger charge is 2.23. The Kier molecular flexibility index (Phi) is 8.07. The molecular formula is C23H28N4O5S. The quantitative estimate of drug-likeness (QED) is 0.535. The number of nitrogens with one attached hydrogen (secondary N) is 3. The number of sulfonamides is 1. The summed E-state index contributed by atoms with van der Waals surface area (Å²) in [5.41, 5.74) is 1.29. The number of hydrogen-bond donors (Lipinski definition) is 3. The molecular weight excluding hydrogens is 444 g/mol. The maximum absolute atomic E-state index is 12.4. The molecule has 10 heteroatoms. The molecule has 176 valence electrons. The summed E-state index contributed by atoms with van der Waals surface area (Å²) in [5.74, 6) is -0.0648. The van der Waals surface area contributed by atoms with Crippen LogP contribution in [0.3, 0.4) is 0 Å². The smallest absolute Gasteiger partial charge is 0.321 e. The van der Waals surface area contributed by atoms with Crippen LogP contribution in [0.15, 0.2) is 59.5 Å². The molecule has 0 unspecified atom stereocenters. The van der Waals surface area contributed by atoms with E-state index in [-0.39, 0.29) is 28.6 Å². The van der Waals surface area contributed by atoms with E-state index in [9.17, 15) is 18.0 Å². The molecule has 3 rings (SSSR count). The molecule has 0 radical (unpaired) electrons. The monoisotopic (exact) mass is 472 g/mol. The summed E-state index contributed by atoms with van der Waals surface area (Å²) in [4.78, 5) is 26.5. The number of benzene rings is 2. The van der Waals surface area contributed by atoms with E-state index in [4.69, 9.17) is 4.74 Å². The molecule has 0 bridgehead atoms. The highest BCUT2D eigenvalue weighted by molar-refractivity contribution is 7.89. The summed E-state index contributed by atoms with van der Waals surface area (Å²) in [6.07, 6.45) is 4.21. The number of urea groups is 1. The van der Waals surface area contributed by atoms with Gasteiger partial charge in [0.05, 0.1) is 7.11 Å². The fraction of sp³-hybridized carbons (Fsp3) is 0.304. The summed E-state index contributed by atoms with van der Waals surface area (Å²) in [5, 5.41) is 5.80. The zero-order valence-electron chi connectivity index (χ0n) is 18.6. The molecule has 0 saturated carbocycles. The van der Waals surface area contributed by atoms with E-state index in [1.807, 2.05) is 30.3 Å². The summed E-state index contributed by atoms with van der Waals surface area (Å²) in [6.45, 7) is 1.08. The second kappa shape index (κ2) is 11.0. The van der Waals surface area contributed by atoms with Crippen molar-refractivity contribution in [3.05, 3.63) is 60.2 Å². The molecule has 0 aliphatic carbocycles. The second-order valence-electron chi connectivity index (χ2n) is 7.52. The van der Waals surface area contributed by atoms with Crippen molar-refractivity contribution in [1.29, 1.82) is 0 Å². The first-order valence-electron chi connectivity index (χ1n) is 10.5. The van der Waals surface area contributed by atoms with E-state index in [2.05, 4.69) is 15.4 Å². The minimum absolute atomic E-state index is 0.00351. The van der Waals surface area contributed by atoms with Crippen LogP contribution in [0, 0.1) is 0 Å². The molecule has 2 aromatic carbocycles. The SMILES string of the molecule is CNS(=O)(=O)c1cc(/C=C/C(=O)NC2CCN(C(=O)Nc3ccccc3)CC2)ccc1OC. The lowest BCUT2D eigenvalue weighted by Gasteiger charge is -2.32. The molecule has 3 amide bonds. The molecule has 0 aromatic heterocycles. The van der Waals surface area contributed by atoms with Gasteiger partial charge in [-0.05, 0) is 55.8 Å². The number of para-hydroxylation sites is 1. The summed E-state index contributed by atoms with van der Waals surface area (Å²) < 4.78 is 31.7. The van der Waals surface area contributed by atoms with Crippen molar-refractivity contribution in [3.63, 3.8) is 0 Å². The van der Waals surface area contributed by atoms with Gasteiger partial charge in [-0.3, -0.25) is 4.79 Å². The number of piperidine rings is 1. The minimum Gasteiger partial charge on any atom is -0.495 e. The number of anilines is 1. The van der Waals surface area contributed by atoms with Gasteiger partial charge in [0.15, 0.2) is 0 Å². The van der Waals surface area contributed by atoms with Gasteiger partial charge in [-0.15, -0.1) is 0 Å². The van der Waals surface area contributed by atoms with Crippen molar-refractivity contribution in [2.45, 2.75) is 23.8 Å². The number of amides is 3. The summed E-state index contributed by atoms with van der Waals surface area (Å²) in [6, 6.07) is 13.7. The van der Waals surface area contributed by atoms with Gasteiger partial charge in [-0.25, -0.2) is 17.9 Å². The molecule has 0 spiro atoms. The molecule has 9 nitrogen and oxygen atoms in total. The summed E-state index contributed by atoms with van der Waals surface area (Å²) in [7, 11) is -0.991. The van der Waals surface area contributed by atoms with Crippen molar-refractivity contribution in [2.75, 3.05) is 32.6 Å². The van der Waals surface area contributed by atoms with Crippen molar-refractivity contribution in [2.24, 2.45) is 0 Å². The Morgan fingerprint density at radius 3 is 2.42 bits per heavy atom. The lowest BCUT2D eigenvalue weighted by Crippen LogP contribution is -2.47. The number of nitrogens with zero attached hydrogens (tertiary/aromatic N) is 1. The second-order valence-corrected chi connectivity index (χ2v) is 9.37. The molecule has 1 fully saturated rings. The average Bonchev–Trinajstić information content (AvgIpc) is 2.83. The van der Waals surface area contributed by atoms with Gasteiger partial charge >= 0.3 is 6.03 Å². The highest BCUT2D eigenvalue weighted by atomic mass is 32.2. The van der Waals surface area contributed by atoms with E-state index in [1.54, 1.807) is 17.0 Å². The Labute approximate surface area is 193 Å². The molecule has 1 aliphatic rings. The number of likely N-dealkylation sites (tertiary alicyclic amines) is 1. The maximum Gasteiger partial charge on any atom is 0.321 e. The van der Waals surface area contributed by atoms with Gasteiger partial charge in [-0.2, -0.15) is 0 Å². The average molecular weight is 473 g/mol.